The Kier molecular flexibility index (Phi) is 6.52. The van der Waals surface area contributed by atoms with Crippen molar-refractivity contribution in [3.63, 3.8) is 0 Å². The van der Waals surface area contributed by atoms with Crippen LogP contribution in [0.2, 0.25) is 0 Å². The minimum atomic E-state index is -1.22. The molecule has 4 aromatic rings. The van der Waals surface area contributed by atoms with E-state index in [1.54, 1.807) is 41.3 Å². The Bertz CT molecular complexity index is 1560. The van der Waals surface area contributed by atoms with Crippen molar-refractivity contribution in [2.24, 2.45) is 0 Å². The van der Waals surface area contributed by atoms with Crippen LogP contribution in [0.4, 0.5) is 8.78 Å². The summed E-state index contributed by atoms with van der Waals surface area (Å²) in [6, 6.07) is 16.5. The average molecular weight is 503 g/mol. The molecule has 0 unspecified atom stereocenters. The predicted octanol–water partition coefficient (Wildman–Crippen LogP) is 3.70. The molecule has 1 fully saturated rings. The Labute approximate surface area is 211 Å². The van der Waals surface area contributed by atoms with Crippen molar-refractivity contribution in [2.75, 3.05) is 26.2 Å². The first-order valence-corrected chi connectivity index (χ1v) is 11.9. The van der Waals surface area contributed by atoms with E-state index in [2.05, 4.69) is 10.2 Å². The van der Waals surface area contributed by atoms with Crippen molar-refractivity contribution in [2.45, 2.75) is 13.3 Å². The summed E-state index contributed by atoms with van der Waals surface area (Å²) in [5.41, 5.74) is 1.72. The van der Waals surface area contributed by atoms with Crippen LogP contribution >= 0.6 is 0 Å². The van der Waals surface area contributed by atoms with Crippen LogP contribution in [0.5, 0.6) is 0 Å². The molecule has 2 amide bonds. The van der Waals surface area contributed by atoms with Crippen molar-refractivity contribution in [1.82, 2.24) is 20.0 Å². The number of hydrogen-bond donors (Lipinski definition) is 1. The molecule has 7 nitrogen and oxygen atoms in total. The third-order valence-electron chi connectivity index (χ3n) is 6.62. The van der Waals surface area contributed by atoms with Crippen LogP contribution in [-0.2, 0) is 6.42 Å². The van der Waals surface area contributed by atoms with Gasteiger partial charge in [0.15, 0.2) is 11.6 Å². The van der Waals surface area contributed by atoms with Crippen molar-refractivity contribution < 1.29 is 18.4 Å². The van der Waals surface area contributed by atoms with E-state index in [1.165, 1.54) is 11.0 Å². The third-order valence-corrected chi connectivity index (χ3v) is 6.62. The minimum absolute atomic E-state index is 0.0909. The fourth-order valence-electron chi connectivity index (χ4n) is 4.56. The number of fused-ring (bicyclic) bond motifs is 1. The van der Waals surface area contributed by atoms with Gasteiger partial charge in [-0.2, -0.15) is 5.10 Å². The first-order valence-electron chi connectivity index (χ1n) is 11.9. The number of carbonyl (C=O) groups is 2. The maximum atomic E-state index is 14.7. The highest BCUT2D eigenvalue weighted by molar-refractivity contribution is 5.96. The summed E-state index contributed by atoms with van der Waals surface area (Å²) in [5, 5.41) is 7.54. The topological polar surface area (TPSA) is 86.4 Å². The number of amides is 2. The Morgan fingerprint density at radius 2 is 1.51 bits per heavy atom. The van der Waals surface area contributed by atoms with Gasteiger partial charge < -0.3 is 9.80 Å². The number of piperazine rings is 1. The van der Waals surface area contributed by atoms with Crippen molar-refractivity contribution in [3.8, 4) is 0 Å². The van der Waals surface area contributed by atoms with Gasteiger partial charge in [-0.15, -0.1) is 0 Å². The number of halogens is 2. The second-order valence-corrected chi connectivity index (χ2v) is 9.11. The van der Waals surface area contributed by atoms with E-state index < -0.39 is 17.5 Å². The molecule has 5 rings (SSSR count). The summed E-state index contributed by atoms with van der Waals surface area (Å²) in [4.78, 5) is 41.1. The van der Waals surface area contributed by atoms with Gasteiger partial charge in [-0.3, -0.25) is 14.4 Å². The maximum absolute atomic E-state index is 14.7. The van der Waals surface area contributed by atoms with Crippen LogP contribution in [0, 0.1) is 18.6 Å². The summed E-state index contributed by atoms with van der Waals surface area (Å²) >= 11 is 0. The number of carbonyl (C=O) groups excluding carboxylic acids is 2. The Morgan fingerprint density at radius 1 is 0.892 bits per heavy atom. The van der Waals surface area contributed by atoms with Crippen molar-refractivity contribution >= 4 is 22.6 Å². The lowest BCUT2D eigenvalue weighted by atomic mass is 10.0. The van der Waals surface area contributed by atoms with E-state index >= 15 is 0 Å². The van der Waals surface area contributed by atoms with E-state index in [9.17, 15) is 23.2 Å². The number of nitrogens with zero attached hydrogens (tertiary/aromatic N) is 3. The second-order valence-electron chi connectivity index (χ2n) is 9.11. The molecule has 0 radical (unpaired) electrons. The molecule has 37 heavy (non-hydrogen) atoms. The number of hydrogen-bond acceptors (Lipinski definition) is 4. The van der Waals surface area contributed by atoms with Crippen molar-refractivity contribution in [1.29, 1.82) is 0 Å². The van der Waals surface area contributed by atoms with Gasteiger partial charge in [0.1, 0.15) is 0 Å². The van der Waals surface area contributed by atoms with Gasteiger partial charge in [0.2, 0.25) is 0 Å². The first-order chi connectivity index (χ1) is 17.8. The molecule has 1 saturated heterocycles. The molecule has 0 atom stereocenters. The lowest BCUT2D eigenvalue weighted by Gasteiger charge is -2.35. The van der Waals surface area contributed by atoms with Gasteiger partial charge in [-0.05, 0) is 42.8 Å². The molecule has 188 valence electrons. The first kappa shape index (κ1) is 24.3. The van der Waals surface area contributed by atoms with Gasteiger partial charge in [0, 0.05) is 43.5 Å². The number of rotatable bonds is 4. The third kappa shape index (κ3) is 4.84. The molecule has 1 aromatic heterocycles. The smallest absolute Gasteiger partial charge is 0.272 e. The highest BCUT2D eigenvalue weighted by Gasteiger charge is 2.28. The quantitative estimate of drug-likeness (QED) is 0.461. The van der Waals surface area contributed by atoms with Crippen LogP contribution in [-0.4, -0.2) is 58.0 Å². The molecule has 1 aliphatic heterocycles. The van der Waals surface area contributed by atoms with Gasteiger partial charge in [0.05, 0.1) is 16.6 Å². The normalized spacial score (nSPS) is 13.7. The molecule has 2 heterocycles. The Morgan fingerprint density at radius 3 is 2.19 bits per heavy atom. The van der Waals surface area contributed by atoms with E-state index in [0.29, 0.717) is 27.6 Å². The summed E-state index contributed by atoms with van der Waals surface area (Å²) in [5.74, 6) is -3.12. The van der Waals surface area contributed by atoms with Crippen molar-refractivity contribution in [3.05, 3.63) is 111 Å². The fourth-order valence-corrected chi connectivity index (χ4v) is 4.56. The summed E-state index contributed by atoms with van der Waals surface area (Å²) in [7, 11) is 0. The zero-order valence-electron chi connectivity index (χ0n) is 20.1. The van der Waals surface area contributed by atoms with E-state index in [1.807, 2.05) is 19.1 Å². The van der Waals surface area contributed by atoms with Crippen LogP contribution in [0.15, 0.2) is 65.5 Å². The Balaban J connectivity index is 1.34. The monoisotopic (exact) mass is 502 g/mol. The van der Waals surface area contributed by atoms with Crippen LogP contribution in [0.25, 0.3) is 10.8 Å². The molecule has 9 heteroatoms. The highest BCUT2D eigenvalue weighted by atomic mass is 19.2. The molecular formula is C28H24F2N4O3. The van der Waals surface area contributed by atoms with E-state index in [-0.39, 0.29) is 49.6 Å². The van der Waals surface area contributed by atoms with E-state index in [0.717, 1.165) is 11.6 Å². The predicted molar refractivity (Wildman–Crippen MR) is 135 cm³/mol. The second kappa shape index (κ2) is 9.93. The number of aromatic nitrogens is 2. The average Bonchev–Trinajstić information content (AvgIpc) is 2.92. The lowest BCUT2D eigenvalue weighted by Crippen LogP contribution is -2.50. The molecule has 1 aliphatic rings. The van der Waals surface area contributed by atoms with Gasteiger partial charge >= 0.3 is 0 Å². The zero-order valence-corrected chi connectivity index (χ0v) is 20.1. The van der Waals surface area contributed by atoms with Gasteiger partial charge in [-0.25, -0.2) is 13.9 Å². The summed E-state index contributed by atoms with van der Waals surface area (Å²) in [6.45, 7) is 2.92. The number of aryl methyl sites for hydroxylation is 1. The molecule has 3 aromatic carbocycles. The number of benzene rings is 3. The lowest BCUT2D eigenvalue weighted by molar-refractivity contribution is 0.0532. The summed E-state index contributed by atoms with van der Waals surface area (Å²) < 4.78 is 29.3. The Hall–Kier alpha value is -4.40. The zero-order chi connectivity index (χ0) is 26.1. The van der Waals surface area contributed by atoms with Crippen LogP contribution in [0.3, 0.4) is 0 Å². The molecule has 0 bridgehead atoms. The number of H-pyrrole nitrogens is 1. The molecule has 1 N–H and O–H groups in total. The SMILES string of the molecule is Cc1ccc(C(=O)N2CCN(C(=O)c3cc(Cc4n[nH]c(=O)c5ccccc45)cc(F)c3F)CC2)cc1. The maximum Gasteiger partial charge on any atom is 0.272 e. The number of aromatic amines is 1. The molecular weight excluding hydrogens is 478 g/mol. The van der Waals surface area contributed by atoms with Crippen LogP contribution in [0.1, 0.15) is 37.5 Å². The standard InChI is InChI=1S/C28H24F2N4O3/c1-17-6-8-19(9-7-17)27(36)33-10-12-34(13-11-33)28(37)22-14-18(15-23(29)25(22)30)16-24-20-4-2-3-5-21(20)26(35)32-31-24/h2-9,14-15H,10-13,16H2,1H3,(H,32,35). The molecule has 0 spiro atoms. The molecule has 0 saturated carbocycles. The van der Waals surface area contributed by atoms with Crippen LogP contribution < -0.4 is 5.56 Å². The van der Waals surface area contributed by atoms with E-state index in [4.69, 9.17) is 0 Å². The fraction of sp³-hybridized carbons (Fsp3) is 0.214. The number of nitrogens with one attached hydrogen (secondary N) is 1. The van der Waals surface area contributed by atoms with Gasteiger partial charge in [-0.1, -0.05) is 35.9 Å². The van der Waals surface area contributed by atoms with Gasteiger partial charge in [0.25, 0.3) is 17.4 Å². The summed E-state index contributed by atoms with van der Waals surface area (Å²) in [6.07, 6.45) is 0.0909. The largest absolute Gasteiger partial charge is 0.335 e. The highest BCUT2D eigenvalue weighted by Crippen LogP contribution is 2.22. The molecule has 0 aliphatic carbocycles. The minimum Gasteiger partial charge on any atom is -0.335 e.